The van der Waals surface area contributed by atoms with E-state index in [0.29, 0.717) is 18.4 Å². The van der Waals surface area contributed by atoms with E-state index in [1.54, 1.807) is 13.0 Å². The predicted octanol–water partition coefficient (Wildman–Crippen LogP) is 0.815. The Balaban J connectivity index is 2.62. The van der Waals surface area contributed by atoms with E-state index in [1.807, 2.05) is 0 Å². The van der Waals surface area contributed by atoms with Crippen LogP contribution < -0.4 is 5.73 Å². The SMILES string of the molecule is Cc1ccnc(C2(C(N)=O)CC2)c1[N+](=O)[O-]. The Hall–Kier alpha value is -1.98. The van der Waals surface area contributed by atoms with E-state index in [0.717, 1.165) is 0 Å². The molecule has 0 unspecified atom stereocenters. The van der Waals surface area contributed by atoms with Crippen molar-refractivity contribution in [2.75, 3.05) is 0 Å². The quantitative estimate of drug-likeness (QED) is 0.603. The van der Waals surface area contributed by atoms with Gasteiger partial charge in [0.1, 0.15) is 5.69 Å². The van der Waals surface area contributed by atoms with Gasteiger partial charge in [0.05, 0.1) is 10.3 Å². The highest BCUT2D eigenvalue weighted by Gasteiger charge is 2.55. The number of hydrogen-bond acceptors (Lipinski definition) is 4. The lowest BCUT2D eigenvalue weighted by Gasteiger charge is -2.11. The maximum atomic E-state index is 11.3. The van der Waals surface area contributed by atoms with Crippen LogP contribution in [-0.4, -0.2) is 15.8 Å². The maximum Gasteiger partial charge on any atom is 0.294 e. The van der Waals surface area contributed by atoms with Crippen molar-refractivity contribution in [1.29, 1.82) is 0 Å². The fourth-order valence-corrected chi connectivity index (χ4v) is 1.86. The van der Waals surface area contributed by atoms with Crippen molar-refractivity contribution in [3.8, 4) is 0 Å². The first-order valence-electron chi connectivity index (χ1n) is 4.89. The zero-order valence-electron chi connectivity index (χ0n) is 8.77. The summed E-state index contributed by atoms with van der Waals surface area (Å²) in [5.74, 6) is -0.534. The Bertz CT molecular complexity index is 480. The molecule has 84 valence electrons. The van der Waals surface area contributed by atoms with Crippen LogP contribution in [0, 0.1) is 17.0 Å². The van der Waals surface area contributed by atoms with Crippen molar-refractivity contribution in [2.45, 2.75) is 25.2 Å². The molecule has 1 amide bonds. The zero-order chi connectivity index (χ0) is 11.9. The first kappa shape index (κ1) is 10.5. The van der Waals surface area contributed by atoms with Crippen LogP contribution in [0.5, 0.6) is 0 Å². The number of nitrogens with two attached hydrogens (primary N) is 1. The molecule has 6 nitrogen and oxygen atoms in total. The molecule has 16 heavy (non-hydrogen) atoms. The van der Waals surface area contributed by atoms with Crippen LogP contribution in [0.1, 0.15) is 24.1 Å². The molecule has 0 aliphatic heterocycles. The number of rotatable bonds is 3. The first-order valence-corrected chi connectivity index (χ1v) is 4.89. The Morgan fingerprint density at radius 2 is 2.25 bits per heavy atom. The van der Waals surface area contributed by atoms with Gasteiger partial charge in [0.25, 0.3) is 5.69 Å². The molecule has 1 saturated carbocycles. The van der Waals surface area contributed by atoms with Crippen LogP contribution in [0.25, 0.3) is 0 Å². The first-order chi connectivity index (χ1) is 7.49. The Morgan fingerprint density at radius 1 is 1.62 bits per heavy atom. The maximum absolute atomic E-state index is 11.3. The van der Waals surface area contributed by atoms with Gasteiger partial charge in [-0.15, -0.1) is 0 Å². The van der Waals surface area contributed by atoms with Crippen LogP contribution in [0.3, 0.4) is 0 Å². The third-order valence-electron chi connectivity index (χ3n) is 2.98. The molecule has 1 heterocycles. The summed E-state index contributed by atoms with van der Waals surface area (Å²) < 4.78 is 0. The molecule has 0 radical (unpaired) electrons. The third kappa shape index (κ3) is 1.34. The standard InChI is InChI=1S/C10H11N3O3/c1-6-2-5-12-8(7(6)13(15)16)10(3-4-10)9(11)14/h2,5H,3-4H2,1H3,(H2,11,14). The lowest BCUT2D eigenvalue weighted by atomic mass is 9.97. The molecule has 1 aliphatic carbocycles. The van der Waals surface area contributed by atoms with Crippen LogP contribution in [0.4, 0.5) is 5.69 Å². The van der Waals surface area contributed by atoms with Crippen LogP contribution in [-0.2, 0) is 10.2 Å². The summed E-state index contributed by atoms with van der Waals surface area (Å²) in [4.78, 5) is 25.8. The van der Waals surface area contributed by atoms with Gasteiger partial charge in [-0.2, -0.15) is 0 Å². The summed E-state index contributed by atoms with van der Waals surface area (Å²) in [5, 5.41) is 11.0. The minimum atomic E-state index is -0.908. The Labute approximate surface area is 91.6 Å². The Morgan fingerprint density at radius 3 is 2.69 bits per heavy atom. The number of aromatic nitrogens is 1. The molecular formula is C10H11N3O3. The van der Waals surface area contributed by atoms with Crippen molar-refractivity contribution >= 4 is 11.6 Å². The summed E-state index contributed by atoms with van der Waals surface area (Å²) >= 11 is 0. The average Bonchev–Trinajstić information content (AvgIpc) is 2.97. The molecule has 2 N–H and O–H groups in total. The summed E-state index contributed by atoms with van der Waals surface area (Å²) in [5.41, 5.74) is 5.00. The molecule has 0 atom stereocenters. The van der Waals surface area contributed by atoms with E-state index >= 15 is 0 Å². The number of amides is 1. The highest BCUT2D eigenvalue weighted by molar-refractivity contribution is 5.90. The molecule has 0 aromatic carbocycles. The molecule has 1 fully saturated rings. The van der Waals surface area contributed by atoms with Gasteiger partial charge in [0.2, 0.25) is 5.91 Å². The molecule has 0 spiro atoms. The summed E-state index contributed by atoms with van der Waals surface area (Å²) in [7, 11) is 0. The Kier molecular flexibility index (Phi) is 2.15. The van der Waals surface area contributed by atoms with Gasteiger partial charge < -0.3 is 5.73 Å². The molecule has 1 aromatic rings. The third-order valence-corrected chi connectivity index (χ3v) is 2.98. The van der Waals surface area contributed by atoms with Crippen molar-refractivity contribution < 1.29 is 9.72 Å². The van der Waals surface area contributed by atoms with Gasteiger partial charge in [0.15, 0.2) is 0 Å². The molecular weight excluding hydrogens is 210 g/mol. The van der Waals surface area contributed by atoms with Crippen LogP contribution >= 0.6 is 0 Å². The van der Waals surface area contributed by atoms with Gasteiger partial charge >= 0.3 is 0 Å². The molecule has 0 saturated heterocycles. The summed E-state index contributed by atoms with van der Waals surface area (Å²) in [6.45, 7) is 1.63. The average molecular weight is 221 g/mol. The predicted molar refractivity (Wildman–Crippen MR) is 55.7 cm³/mol. The van der Waals surface area contributed by atoms with E-state index in [2.05, 4.69) is 4.98 Å². The fraction of sp³-hybridized carbons (Fsp3) is 0.400. The van der Waals surface area contributed by atoms with Crippen LogP contribution in [0.15, 0.2) is 12.3 Å². The number of nitro groups is 1. The topological polar surface area (TPSA) is 99.1 Å². The van der Waals surface area contributed by atoms with E-state index in [4.69, 9.17) is 5.73 Å². The largest absolute Gasteiger partial charge is 0.369 e. The number of nitrogens with zero attached hydrogens (tertiary/aromatic N) is 2. The fourth-order valence-electron chi connectivity index (χ4n) is 1.86. The second kappa shape index (κ2) is 3.26. The highest BCUT2D eigenvalue weighted by Crippen LogP contribution is 2.50. The zero-order valence-corrected chi connectivity index (χ0v) is 8.77. The normalized spacial score (nSPS) is 16.8. The lowest BCUT2D eigenvalue weighted by Crippen LogP contribution is -2.30. The molecule has 0 bridgehead atoms. The van der Waals surface area contributed by atoms with Gasteiger partial charge in [-0.05, 0) is 25.8 Å². The van der Waals surface area contributed by atoms with E-state index < -0.39 is 16.2 Å². The second-order valence-corrected chi connectivity index (χ2v) is 4.03. The number of pyridine rings is 1. The van der Waals surface area contributed by atoms with Crippen molar-refractivity contribution in [1.82, 2.24) is 4.98 Å². The van der Waals surface area contributed by atoms with Gasteiger partial charge in [-0.1, -0.05) is 0 Å². The molecule has 1 aliphatic rings. The summed E-state index contributed by atoms with van der Waals surface area (Å²) in [6.07, 6.45) is 2.56. The highest BCUT2D eigenvalue weighted by atomic mass is 16.6. The van der Waals surface area contributed by atoms with E-state index in [1.165, 1.54) is 6.20 Å². The van der Waals surface area contributed by atoms with Gasteiger partial charge in [-0.3, -0.25) is 19.9 Å². The van der Waals surface area contributed by atoms with Crippen molar-refractivity contribution in [3.63, 3.8) is 0 Å². The monoisotopic (exact) mass is 221 g/mol. The minimum Gasteiger partial charge on any atom is -0.369 e. The van der Waals surface area contributed by atoms with Crippen LogP contribution in [0.2, 0.25) is 0 Å². The van der Waals surface area contributed by atoms with E-state index in [-0.39, 0.29) is 11.4 Å². The number of primary amides is 1. The summed E-state index contributed by atoms with van der Waals surface area (Å²) in [6, 6.07) is 1.55. The number of carbonyl (C=O) groups excluding carboxylic acids is 1. The molecule has 2 rings (SSSR count). The van der Waals surface area contributed by atoms with E-state index in [9.17, 15) is 14.9 Å². The number of carbonyl (C=O) groups is 1. The van der Waals surface area contributed by atoms with Crippen molar-refractivity contribution in [2.24, 2.45) is 5.73 Å². The second-order valence-electron chi connectivity index (χ2n) is 4.03. The lowest BCUT2D eigenvalue weighted by molar-refractivity contribution is -0.386. The van der Waals surface area contributed by atoms with Crippen molar-refractivity contribution in [3.05, 3.63) is 33.6 Å². The smallest absolute Gasteiger partial charge is 0.294 e. The van der Waals surface area contributed by atoms with Gasteiger partial charge in [-0.25, -0.2) is 0 Å². The number of hydrogen-bond donors (Lipinski definition) is 1. The molecule has 1 aromatic heterocycles. The molecule has 6 heteroatoms. The van der Waals surface area contributed by atoms with Gasteiger partial charge in [0, 0.05) is 11.8 Å². The minimum absolute atomic E-state index is 0.0844. The number of aryl methyl sites for hydroxylation is 1.